The third-order valence-corrected chi connectivity index (χ3v) is 5.83. The lowest BCUT2D eigenvalue weighted by molar-refractivity contribution is 0.0793. The van der Waals surface area contributed by atoms with E-state index in [1.165, 1.54) is 5.56 Å². The van der Waals surface area contributed by atoms with Gasteiger partial charge in [-0.3, -0.25) is 4.79 Å². The molecule has 0 radical (unpaired) electrons. The first-order valence-electron chi connectivity index (χ1n) is 10.5. The second kappa shape index (κ2) is 8.07. The van der Waals surface area contributed by atoms with Crippen molar-refractivity contribution in [2.75, 3.05) is 18.4 Å². The summed E-state index contributed by atoms with van der Waals surface area (Å²) < 4.78 is 2.19. The number of amides is 1. The molecule has 1 fully saturated rings. The Labute approximate surface area is 176 Å². The van der Waals surface area contributed by atoms with E-state index in [-0.39, 0.29) is 11.9 Å². The van der Waals surface area contributed by atoms with Gasteiger partial charge in [-0.15, -0.1) is 0 Å². The molecule has 0 bridgehead atoms. The number of anilines is 1. The number of likely N-dealkylation sites (tertiary alicyclic amines) is 1. The molecule has 1 saturated heterocycles. The van der Waals surface area contributed by atoms with Gasteiger partial charge in [0.25, 0.3) is 5.91 Å². The van der Waals surface area contributed by atoms with Crippen LogP contribution in [0.1, 0.15) is 22.3 Å². The monoisotopic (exact) mass is 395 g/mol. The van der Waals surface area contributed by atoms with Crippen LogP contribution in [-0.2, 0) is 6.54 Å². The number of hydrogen-bond acceptors (Lipinski definition) is 2. The molecule has 4 aromatic rings. The molecule has 4 heteroatoms. The SMILES string of the molecule is O=C(c1cn(Cc2ccccc2)c2ccccc12)N1CCC(Nc2ccccc2)C1. The minimum Gasteiger partial charge on any atom is -0.380 e. The highest BCUT2D eigenvalue weighted by Gasteiger charge is 2.28. The number of aromatic nitrogens is 1. The number of hydrogen-bond donors (Lipinski definition) is 1. The van der Waals surface area contributed by atoms with Gasteiger partial charge in [-0.25, -0.2) is 0 Å². The van der Waals surface area contributed by atoms with Crippen LogP contribution in [0.4, 0.5) is 5.69 Å². The minimum atomic E-state index is 0.121. The normalized spacial score (nSPS) is 16.1. The van der Waals surface area contributed by atoms with Gasteiger partial charge in [0.1, 0.15) is 0 Å². The molecule has 1 aliphatic rings. The number of carbonyl (C=O) groups excluding carboxylic acids is 1. The van der Waals surface area contributed by atoms with E-state index in [2.05, 4.69) is 58.4 Å². The molecule has 0 spiro atoms. The summed E-state index contributed by atoms with van der Waals surface area (Å²) in [6.07, 6.45) is 2.99. The molecule has 2 heterocycles. The maximum Gasteiger partial charge on any atom is 0.256 e. The van der Waals surface area contributed by atoms with Crippen molar-refractivity contribution in [3.63, 3.8) is 0 Å². The van der Waals surface area contributed by atoms with Crippen LogP contribution in [0.2, 0.25) is 0 Å². The van der Waals surface area contributed by atoms with Crippen molar-refractivity contribution in [1.82, 2.24) is 9.47 Å². The van der Waals surface area contributed by atoms with E-state index in [0.29, 0.717) is 0 Å². The van der Waals surface area contributed by atoms with Crippen LogP contribution in [-0.4, -0.2) is 34.5 Å². The highest BCUT2D eigenvalue weighted by Crippen LogP contribution is 2.26. The molecule has 1 aromatic heterocycles. The molecule has 5 rings (SSSR count). The molecule has 1 amide bonds. The molecule has 0 aliphatic carbocycles. The third-order valence-electron chi connectivity index (χ3n) is 5.83. The predicted molar refractivity (Wildman–Crippen MR) is 122 cm³/mol. The van der Waals surface area contributed by atoms with Gasteiger partial charge in [0, 0.05) is 48.5 Å². The van der Waals surface area contributed by atoms with Crippen LogP contribution in [0, 0.1) is 0 Å². The second-order valence-electron chi connectivity index (χ2n) is 7.92. The number of fused-ring (bicyclic) bond motifs is 1. The van der Waals surface area contributed by atoms with Gasteiger partial charge < -0.3 is 14.8 Å². The number of nitrogens with one attached hydrogen (secondary N) is 1. The zero-order valence-electron chi connectivity index (χ0n) is 16.9. The number of rotatable bonds is 5. The molecule has 1 unspecified atom stereocenters. The molecule has 1 N–H and O–H groups in total. The van der Waals surface area contributed by atoms with E-state index < -0.39 is 0 Å². The van der Waals surface area contributed by atoms with Gasteiger partial charge in [-0.1, -0.05) is 66.7 Å². The first-order valence-corrected chi connectivity index (χ1v) is 10.5. The van der Waals surface area contributed by atoms with Crippen molar-refractivity contribution in [1.29, 1.82) is 0 Å². The molecule has 30 heavy (non-hydrogen) atoms. The quantitative estimate of drug-likeness (QED) is 0.515. The average molecular weight is 396 g/mol. The Balaban J connectivity index is 1.37. The van der Waals surface area contributed by atoms with Crippen LogP contribution >= 0.6 is 0 Å². The van der Waals surface area contributed by atoms with Crippen molar-refractivity contribution in [3.05, 3.63) is 102 Å². The van der Waals surface area contributed by atoms with E-state index >= 15 is 0 Å². The summed E-state index contributed by atoms with van der Waals surface area (Å²) in [6, 6.07) is 29.1. The summed E-state index contributed by atoms with van der Waals surface area (Å²) in [7, 11) is 0. The number of carbonyl (C=O) groups is 1. The van der Waals surface area contributed by atoms with Crippen molar-refractivity contribution in [3.8, 4) is 0 Å². The fourth-order valence-corrected chi connectivity index (χ4v) is 4.33. The summed E-state index contributed by atoms with van der Waals surface area (Å²) >= 11 is 0. The summed E-state index contributed by atoms with van der Waals surface area (Å²) in [4.78, 5) is 15.4. The minimum absolute atomic E-state index is 0.121. The summed E-state index contributed by atoms with van der Waals surface area (Å²) in [5.74, 6) is 0.121. The molecular weight excluding hydrogens is 370 g/mol. The second-order valence-corrected chi connectivity index (χ2v) is 7.92. The molecule has 0 saturated carbocycles. The van der Waals surface area contributed by atoms with E-state index in [4.69, 9.17) is 0 Å². The van der Waals surface area contributed by atoms with Crippen LogP contribution in [0.5, 0.6) is 0 Å². The first-order chi connectivity index (χ1) is 14.8. The molecular formula is C26H25N3O. The van der Waals surface area contributed by atoms with E-state index in [1.54, 1.807) is 0 Å². The zero-order valence-corrected chi connectivity index (χ0v) is 16.9. The first kappa shape index (κ1) is 18.5. The summed E-state index contributed by atoms with van der Waals surface area (Å²) in [5, 5.41) is 4.58. The smallest absolute Gasteiger partial charge is 0.256 e. The molecule has 150 valence electrons. The Morgan fingerprint density at radius 2 is 1.60 bits per heavy atom. The van der Waals surface area contributed by atoms with Crippen LogP contribution in [0.15, 0.2) is 91.1 Å². The largest absolute Gasteiger partial charge is 0.380 e. The Morgan fingerprint density at radius 3 is 2.40 bits per heavy atom. The maximum atomic E-state index is 13.4. The molecule has 1 atom stereocenters. The van der Waals surface area contributed by atoms with Crippen molar-refractivity contribution >= 4 is 22.5 Å². The fourth-order valence-electron chi connectivity index (χ4n) is 4.33. The number of benzene rings is 3. The Bertz CT molecular complexity index is 1150. The van der Waals surface area contributed by atoms with E-state index in [9.17, 15) is 4.79 Å². The average Bonchev–Trinajstić information content (AvgIpc) is 3.40. The Kier molecular flexibility index (Phi) is 4.98. The predicted octanol–water partition coefficient (Wildman–Crippen LogP) is 5.02. The van der Waals surface area contributed by atoms with Crippen LogP contribution < -0.4 is 5.32 Å². The summed E-state index contributed by atoms with van der Waals surface area (Å²) in [6.45, 7) is 2.26. The zero-order chi connectivity index (χ0) is 20.3. The van der Waals surface area contributed by atoms with Gasteiger partial charge >= 0.3 is 0 Å². The Hall–Kier alpha value is -3.53. The maximum absolute atomic E-state index is 13.4. The van der Waals surface area contributed by atoms with Crippen molar-refractivity contribution in [2.45, 2.75) is 19.0 Å². The number of para-hydroxylation sites is 2. The van der Waals surface area contributed by atoms with Crippen LogP contribution in [0.3, 0.4) is 0 Å². The highest BCUT2D eigenvalue weighted by atomic mass is 16.2. The molecule has 1 aliphatic heterocycles. The molecule has 3 aromatic carbocycles. The standard InChI is InChI=1S/C26H25N3O/c30-26(28-16-15-22(18-28)27-21-11-5-2-6-12-21)24-19-29(17-20-9-3-1-4-10-20)25-14-8-7-13-23(24)25/h1-14,19,22,27H,15-18H2. The van der Waals surface area contributed by atoms with Crippen molar-refractivity contribution in [2.24, 2.45) is 0 Å². The van der Waals surface area contributed by atoms with E-state index in [0.717, 1.165) is 48.2 Å². The van der Waals surface area contributed by atoms with E-state index in [1.807, 2.05) is 47.5 Å². The number of nitrogens with zero attached hydrogens (tertiary/aromatic N) is 2. The lowest BCUT2D eigenvalue weighted by Gasteiger charge is -2.17. The lowest BCUT2D eigenvalue weighted by Crippen LogP contribution is -2.31. The van der Waals surface area contributed by atoms with Gasteiger partial charge in [0.2, 0.25) is 0 Å². The third kappa shape index (κ3) is 3.69. The van der Waals surface area contributed by atoms with Gasteiger partial charge in [0.15, 0.2) is 0 Å². The Morgan fingerprint density at radius 1 is 0.900 bits per heavy atom. The lowest BCUT2D eigenvalue weighted by atomic mass is 10.1. The van der Waals surface area contributed by atoms with Crippen molar-refractivity contribution < 1.29 is 4.79 Å². The van der Waals surface area contributed by atoms with Gasteiger partial charge in [0.05, 0.1) is 5.56 Å². The van der Waals surface area contributed by atoms with Gasteiger partial charge in [-0.2, -0.15) is 0 Å². The molecule has 4 nitrogen and oxygen atoms in total. The fraction of sp³-hybridized carbons (Fsp3) is 0.192. The van der Waals surface area contributed by atoms with Gasteiger partial charge in [-0.05, 0) is 30.2 Å². The highest BCUT2D eigenvalue weighted by molar-refractivity contribution is 6.07. The van der Waals surface area contributed by atoms with Crippen LogP contribution in [0.25, 0.3) is 10.9 Å². The topological polar surface area (TPSA) is 37.3 Å². The summed E-state index contributed by atoms with van der Waals surface area (Å²) in [5.41, 5.74) is 4.23.